The van der Waals surface area contributed by atoms with E-state index in [4.69, 9.17) is 4.74 Å². The zero-order valence-corrected chi connectivity index (χ0v) is 14.8. The van der Waals surface area contributed by atoms with Crippen molar-refractivity contribution in [2.75, 3.05) is 11.1 Å². The molecule has 132 valence electrons. The van der Waals surface area contributed by atoms with E-state index in [1.165, 1.54) is 0 Å². The van der Waals surface area contributed by atoms with Crippen LogP contribution in [0, 0.1) is 6.92 Å². The molecule has 0 aliphatic heterocycles. The second kappa shape index (κ2) is 8.43. The number of H-pyrrole nitrogens is 1. The summed E-state index contributed by atoms with van der Waals surface area (Å²) in [4.78, 5) is 37.6. The molecule has 0 fully saturated rings. The normalized spacial score (nSPS) is 10.6. The lowest BCUT2D eigenvalue weighted by molar-refractivity contribution is -0.113. The molecule has 1 aromatic heterocycles. The van der Waals surface area contributed by atoms with Gasteiger partial charge in [0, 0.05) is 5.69 Å². The van der Waals surface area contributed by atoms with Gasteiger partial charge in [-0.1, -0.05) is 11.8 Å². The smallest absolute Gasteiger partial charge is 0.338 e. The van der Waals surface area contributed by atoms with Crippen LogP contribution in [-0.4, -0.2) is 38.9 Å². The number of carbonyl (C=O) groups excluding carboxylic acids is 2. The van der Waals surface area contributed by atoms with E-state index in [1.54, 1.807) is 45.0 Å². The summed E-state index contributed by atoms with van der Waals surface area (Å²) in [6.07, 6.45) is -0.194. The molecule has 0 unspecified atom stereocenters. The van der Waals surface area contributed by atoms with Crippen molar-refractivity contribution in [3.05, 3.63) is 45.9 Å². The van der Waals surface area contributed by atoms with Gasteiger partial charge in [0.15, 0.2) is 5.16 Å². The number of amides is 1. The van der Waals surface area contributed by atoms with Gasteiger partial charge in [0.2, 0.25) is 5.91 Å². The molecule has 2 rings (SSSR count). The minimum atomic E-state index is -0.412. The third kappa shape index (κ3) is 5.71. The molecule has 0 saturated heterocycles. The fourth-order valence-electron chi connectivity index (χ4n) is 1.75. The highest BCUT2D eigenvalue weighted by atomic mass is 32.2. The van der Waals surface area contributed by atoms with Crippen molar-refractivity contribution < 1.29 is 14.3 Å². The average Bonchev–Trinajstić information content (AvgIpc) is 2.56. The first-order valence-corrected chi connectivity index (χ1v) is 8.51. The van der Waals surface area contributed by atoms with E-state index in [1.807, 2.05) is 0 Å². The summed E-state index contributed by atoms with van der Waals surface area (Å²) in [7, 11) is 0. The molecule has 1 heterocycles. The summed E-state index contributed by atoms with van der Waals surface area (Å²) < 4.78 is 5.09. The number of thioether (sulfide) groups is 1. The zero-order valence-electron chi connectivity index (χ0n) is 14.0. The largest absolute Gasteiger partial charge is 0.459 e. The second-order valence-corrected chi connectivity index (χ2v) is 6.38. The number of esters is 1. The number of aromatic nitrogens is 3. The number of aromatic amines is 1. The van der Waals surface area contributed by atoms with Gasteiger partial charge in [-0.2, -0.15) is 0 Å². The summed E-state index contributed by atoms with van der Waals surface area (Å²) in [5, 5.41) is 10.5. The summed E-state index contributed by atoms with van der Waals surface area (Å²) in [6.45, 7) is 5.10. The van der Waals surface area contributed by atoms with Gasteiger partial charge < -0.3 is 10.1 Å². The molecular weight excluding hydrogens is 344 g/mol. The molecule has 2 N–H and O–H groups in total. The molecule has 0 atom stereocenters. The first-order valence-electron chi connectivity index (χ1n) is 7.52. The van der Waals surface area contributed by atoms with Gasteiger partial charge in [0.1, 0.15) is 5.69 Å². The van der Waals surface area contributed by atoms with Gasteiger partial charge in [-0.15, -0.1) is 10.2 Å². The van der Waals surface area contributed by atoms with E-state index in [9.17, 15) is 14.4 Å². The molecule has 0 aliphatic carbocycles. The Morgan fingerprint density at radius 1 is 1.24 bits per heavy atom. The number of aryl methyl sites for hydroxylation is 1. The summed E-state index contributed by atoms with van der Waals surface area (Å²) in [5.74, 6) is -0.624. The molecule has 1 aromatic carbocycles. The van der Waals surface area contributed by atoms with E-state index < -0.39 is 5.97 Å². The van der Waals surface area contributed by atoms with Crippen molar-refractivity contribution in [3.8, 4) is 0 Å². The van der Waals surface area contributed by atoms with E-state index in [2.05, 4.69) is 20.5 Å². The standard InChI is InChI=1S/C16H18N4O4S/c1-9(2)24-15(23)11-4-6-12(7-5-11)17-13(21)8-25-16-18-14(22)10(3)19-20-16/h4-7,9H,8H2,1-3H3,(H,17,21)(H,18,20,22). The van der Waals surface area contributed by atoms with Crippen molar-refractivity contribution in [1.29, 1.82) is 0 Å². The van der Waals surface area contributed by atoms with Crippen molar-refractivity contribution in [1.82, 2.24) is 15.2 Å². The van der Waals surface area contributed by atoms with Crippen LogP contribution in [0.4, 0.5) is 5.69 Å². The molecular formula is C16H18N4O4S. The highest BCUT2D eigenvalue weighted by molar-refractivity contribution is 7.99. The van der Waals surface area contributed by atoms with Crippen LogP contribution in [0.3, 0.4) is 0 Å². The average molecular weight is 362 g/mol. The molecule has 0 bridgehead atoms. The fourth-order valence-corrected chi connectivity index (χ4v) is 2.35. The number of nitrogens with zero attached hydrogens (tertiary/aromatic N) is 2. The monoisotopic (exact) mass is 362 g/mol. The van der Waals surface area contributed by atoms with Gasteiger partial charge in [0.05, 0.1) is 17.4 Å². The van der Waals surface area contributed by atoms with Gasteiger partial charge in [-0.25, -0.2) is 4.79 Å². The topological polar surface area (TPSA) is 114 Å². The van der Waals surface area contributed by atoms with Crippen LogP contribution in [0.5, 0.6) is 0 Å². The number of rotatable bonds is 6. The third-order valence-electron chi connectivity index (χ3n) is 2.93. The minimum Gasteiger partial charge on any atom is -0.459 e. The number of hydrogen-bond donors (Lipinski definition) is 2. The van der Waals surface area contributed by atoms with Crippen LogP contribution in [0.15, 0.2) is 34.2 Å². The summed E-state index contributed by atoms with van der Waals surface area (Å²) >= 11 is 1.07. The molecule has 0 saturated carbocycles. The number of hydrogen-bond acceptors (Lipinski definition) is 7. The lowest BCUT2D eigenvalue weighted by Gasteiger charge is -2.09. The summed E-state index contributed by atoms with van der Waals surface area (Å²) in [6, 6.07) is 6.40. The van der Waals surface area contributed by atoms with Gasteiger partial charge in [-0.05, 0) is 45.0 Å². The van der Waals surface area contributed by atoms with Crippen LogP contribution in [0.2, 0.25) is 0 Å². The van der Waals surface area contributed by atoms with Crippen molar-refractivity contribution in [2.45, 2.75) is 32.0 Å². The van der Waals surface area contributed by atoms with Crippen molar-refractivity contribution in [3.63, 3.8) is 0 Å². The maximum Gasteiger partial charge on any atom is 0.338 e. The van der Waals surface area contributed by atoms with Gasteiger partial charge in [-0.3, -0.25) is 14.6 Å². The highest BCUT2D eigenvalue weighted by Crippen LogP contribution is 2.14. The SMILES string of the molecule is Cc1nnc(SCC(=O)Nc2ccc(C(=O)OC(C)C)cc2)[nH]c1=O. The Bertz CT molecular complexity index is 818. The Labute approximate surface area is 148 Å². The number of benzene rings is 1. The van der Waals surface area contributed by atoms with Gasteiger partial charge >= 0.3 is 5.97 Å². The lowest BCUT2D eigenvalue weighted by Crippen LogP contribution is -2.17. The van der Waals surface area contributed by atoms with E-state index in [-0.39, 0.29) is 34.2 Å². The molecule has 0 aliphatic rings. The maximum absolute atomic E-state index is 11.9. The molecule has 25 heavy (non-hydrogen) atoms. The van der Waals surface area contributed by atoms with Crippen LogP contribution < -0.4 is 10.9 Å². The lowest BCUT2D eigenvalue weighted by atomic mass is 10.2. The Morgan fingerprint density at radius 2 is 1.92 bits per heavy atom. The minimum absolute atomic E-state index is 0.0603. The predicted molar refractivity (Wildman–Crippen MR) is 93.7 cm³/mol. The number of nitrogens with one attached hydrogen (secondary N) is 2. The Morgan fingerprint density at radius 3 is 2.52 bits per heavy atom. The van der Waals surface area contributed by atoms with Gasteiger partial charge in [0.25, 0.3) is 5.56 Å². The van der Waals surface area contributed by atoms with Crippen molar-refractivity contribution in [2.24, 2.45) is 0 Å². The number of carbonyl (C=O) groups is 2. The first kappa shape index (κ1) is 18.7. The molecule has 9 heteroatoms. The first-order chi connectivity index (χ1) is 11.8. The molecule has 2 aromatic rings. The third-order valence-corrected chi connectivity index (χ3v) is 3.79. The quantitative estimate of drug-likeness (QED) is 0.594. The van der Waals surface area contributed by atoms with Crippen molar-refractivity contribution >= 4 is 29.3 Å². The Hall–Kier alpha value is -2.68. The highest BCUT2D eigenvalue weighted by Gasteiger charge is 2.10. The fraction of sp³-hybridized carbons (Fsp3) is 0.312. The predicted octanol–water partition coefficient (Wildman–Crippen LogP) is 1.77. The van der Waals surface area contributed by atoms with E-state index in [0.29, 0.717) is 11.3 Å². The number of anilines is 1. The molecule has 1 amide bonds. The zero-order chi connectivity index (χ0) is 18.4. The maximum atomic E-state index is 11.9. The van der Waals surface area contributed by atoms with E-state index in [0.717, 1.165) is 11.8 Å². The van der Waals surface area contributed by atoms with Crippen LogP contribution in [-0.2, 0) is 9.53 Å². The summed E-state index contributed by atoms with van der Waals surface area (Å²) in [5.41, 5.74) is 0.899. The van der Waals surface area contributed by atoms with Crippen LogP contribution in [0.25, 0.3) is 0 Å². The van der Waals surface area contributed by atoms with E-state index >= 15 is 0 Å². The molecule has 8 nitrogen and oxygen atoms in total. The Balaban J connectivity index is 1.88. The van der Waals surface area contributed by atoms with Crippen LogP contribution in [0.1, 0.15) is 29.9 Å². The Kier molecular flexibility index (Phi) is 6.29. The van der Waals surface area contributed by atoms with Crippen LogP contribution >= 0.6 is 11.8 Å². The molecule has 0 spiro atoms. The molecule has 0 radical (unpaired) electrons. The number of ether oxygens (including phenoxy) is 1. The second-order valence-electron chi connectivity index (χ2n) is 5.41.